The summed E-state index contributed by atoms with van der Waals surface area (Å²) in [5.41, 5.74) is 0.933. The summed E-state index contributed by atoms with van der Waals surface area (Å²) in [4.78, 5) is 25.5. The zero-order valence-electron chi connectivity index (χ0n) is 13.8. The molecule has 2 rings (SSSR count). The smallest absolute Gasteiger partial charge is 0.321 e. The van der Waals surface area contributed by atoms with E-state index in [0.717, 1.165) is 18.4 Å². The van der Waals surface area contributed by atoms with Gasteiger partial charge in [0, 0.05) is 13.1 Å². The fourth-order valence-electron chi connectivity index (χ4n) is 2.44. The van der Waals surface area contributed by atoms with Gasteiger partial charge in [-0.05, 0) is 38.8 Å². The first-order valence-corrected chi connectivity index (χ1v) is 9.32. The van der Waals surface area contributed by atoms with Crippen molar-refractivity contribution in [2.24, 2.45) is 0 Å². The highest BCUT2D eigenvalue weighted by atomic mass is 32.2. The molecule has 0 radical (unpaired) electrons. The number of hydrogen-bond donors (Lipinski definition) is 1. The molecule has 0 aromatic heterocycles. The van der Waals surface area contributed by atoms with Crippen LogP contribution in [0.1, 0.15) is 25.3 Å². The molecular weight excluding hydrogens is 332 g/mol. The van der Waals surface area contributed by atoms with E-state index in [-0.39, 0.29) is 10.8 Å². The average molecular weight is 354 g/mol. The minimum Gasteiger partial charge on any atom is -0.452 e. The number of benzene rings is 1. The van der Waals surface area contributed by atoms with Gasteiger partial charge in [-0.1, -0.05) is 17.7 Å². The number of nitrogens with zero attached hydrogens (tertiary/aromatic N) is 1. The van der Waals surface area contributed by atoms with Gasteiger partial charge in [-0.25, -0.2) is 8.42 Å². The largest absolute Gasteiger partial charge is 0.452 e. The van der Waals surface area contributed by atoms with Crippen LogP contribution in [0.2, 0.25) is 0 Å². The van der Waals surface area contributed by atoms with E-state index in [0.29, 0.717) is 13.1 Å². The summed E-state index contributed by atoms with van der Waals surface area (Å²) in [6, 6.07) is 6.26. The summed E-state index contributed by atoms with van der Waals surface area (Å²) in [6.45, 7) is 4.16. The third kappa shape index (κ3) is 4.78. The minimum atomic E-state index is -3.79. The molecule has 1 amide bonds. The van der Waals surface area contributed by atoms with Gasteiger partial charge >= 0.3 is 5.97 Å². The van der Waals surface area contributed by atoms with Crippen molar-refractivity contribution in [2.75, 3.05) is 19.6 Å². The van der Waals surface area contributed by atoms with Gasteiger partial charge in [0.1, 0.15) is 6.54 Å². The van der Waals surface area contributed by atoms with E-state index in [4.69, 9.17) is 4.74 Å². The van der Waals surface area contributed by atoms with E-state index in [2.05, 4.69) is 4.72 Å². The first-order chi connectivity index (χ1) is 11.3. The zero-order valence-corrected chi connectivity index (χ0v) is 14.6. The number of aryl methyl sites for hydroxylation is 1. The van der Waals surface area contributed by atoms with Crippen molar-refractivity contribution in [1.29, 1.82) is 0 Å². The molecule has 132 valence electrons. The molecule has 0 aliphatic carbocycles. The molecule has 0 spiro atoms. The van der Waals surface area contributed by atoms with Crippen LogP contribution >= 0.6 is 0 Å². The first kappa shape index (κ1) is 18.4. The quantitative estimate of drug-likeness (QED) is 0.764. The zero-order chi connectivity index (χ0) is 17.7. The molecule has 1 aliphatic heterocycles. The highest BCUT2D eigenvalue weighted by Gasteiger charge is 2.26. The van der Waals surface area contributed by atoms with Crippen molar-refractivity contribution in [3.05, 3.63) is 29.8 Å². The fourth-order valence-corrected chi connectivity index (χ4v) is 3.41. The van der Waals surface area contributed by atoms with Crippen LogP contribution in [0.3, 0.4) is 0 Å². The summed E-state index contributed by atoms with van der Waals surface area (Å²) in [6.07, 6.45) is 0.977. The van der Waals surface area contributed by atoms with E-state index in [9.17, 15) is 18.0 Å². The molecule has 1 N–H and O–H groups in total. The number of amides is 1. The molecule has 0 unspecified atom stereocenters. The molecule has 0 saturated carbocycles. The summed E-state index contributed by atoms with van der Waals surface area (Å²) >= 11 is 0. The van der Waals surface area contributed by atoms with E-state index >= 15 is 0 Å². The molecule has 8 heteroatoms. The van der Waals surface area contributed by atoms with Gasteiger partial charge in [0.05, 0.1) is 4.90 Å². The second kappa shape index (κ2) is 7.76. The lowest BCUT2D eigenvalue weighted by molar-refractivity contribution is -0.157. The van der Waals surface area contributed by atoms with Crippen LogP contribution in [0.25, 0.3) is 0 Å². The molecule has 1 saturated heterocycles. The molecule has 1 aromatic carbocycles. The van der Waals surface area contributed by atoms with Gasteiger partial charge in [0.15, 0.2) is 6.10 Å². The third-order valence-electron chi connectivity index (χ3n) is 3.81. The normalized spacial score (nSPS) is 16.0. The van der Waals surface area contributed by atoms with Crippen LogP contribution < -0.4 is 4.72 Å². The Bertz CT molecular complexity index is 694. The lowest BCUT2D eigenvalue weighted by Gasteiger charge is -2.20. The molecule has 1 fully saturated rings. The predicted octanol–water partition coefficient (Wildman–Crippen LogP) is 0.827. The number of hydrogen-bond acceptors (Lipinski definition) is 5. The van der Waals surface area contributed by atoms with E-state index in [1.807, 2.05) is 6.92 Å². The Hall–Kier alpha value is -1.93. The highest BCUT2D eigenvalue weighted by Crippen LogP contribution is 2.11. The first-order valence-electron chi connectivity index (χ1n) is 7.84. The van der Waals surface area contributed by atoms with Crippen molar-refractivity contribution in [1.82, 2.24) is 9.62 Å². The Morgan fingerprint density at radius 1 is 1.21 bits per heavy atom. The van der Waals surface area contributed by atoms with Crippen LogP contribution in [0.5, 0.6) is 0 Å². The molecule has 1 atom stereocenters. The van der Waals surface area contributed by atoms with E-state index in [1.54, 1.807) is 17.0 Å². The lowest BCUT2D eigenvalue weighted by atomic mass is 10.2. The van der Waals surface area contributed by atoms with E-state index in [1.165, 1.54) is 19.1 Å². The second-order valence-corrected chi connectivity index (χ2v) is 7.57. The van der Waals surface area contributed by atoms with Crippen molar-refractivity contribution in [2.45, 2.75) is 37.7 Å². The van der Waals surface area contributed by atoms with Crippen LogP contribution in [-0.4, -0.2) is 50.9 Å². The summed E-state index contributed by atoms with van der Waals surface area (Å²) in [5, 5.41) is 0. The monoisotopic (exact) mass is 354 g/mol. The van der Waals surface area contributed by atoms with E-state index < -0.39 is 28.6 Å². The van der Waals surface area contributed by atoms with Crippen molar-refractivity contribution in [3.8, 4) is 0 Å². The molecule has 0 bridgehead atoms. The Morgan fingerprint density at radius 2 is 1.79 bits per heavy atom. The summed E-state index contributed by atoms with van der Waals surface area (Å²) < 4.78 is 31.4. The number of nitrogens with one attached hydrogen (secondary N) is 1. The van der Waals surface area contributed by atoms with Crippen LogP contribution in [0.15, 0.2) is 29.2 Å². The van der Waals surface area contributed by atoms with Gasteiger partial charge < -0.3 is 9.64 Å². The molecule has 1 heterocycles. The van der Waals surface area contributed by atoms with Gasteiger partial charge in [0.2, 0.25) is 10.0 Å². The number of carbonyl (C=O) groups excluding carboxylic acids is 2. The summed E-state index contributed by atoms with van der Waals surface area (Å²) in [5.74, 6) is -1.03. The number of esters is 1. The van der Waals surface area contributed by atoms with Gasteiger partial charge in [-0.3, -0.25) is 9.59 Å². The number of carbonyl (C=O) groups is 2. The maximum Gasteiger partial charge on any atom is 0.321 e. The Morgan fingerprint density at radius 3 is 2.38 bits per heavy atom. The Kier molecular flexibility index (Phi) is 5.95. The van der Waals surface area contributed by atoms with Gasteiger partial charge in [0.25, 0.3) is 5.91 Å². The average Bonchev–Trinajstić information content (AvgIpc) is 3.07. The van der Waals surface area contributed by atoms with Crippen molar-refractivity contribution < 1.29 is 22.7 Å². The Balaban J connectivity index is 1.85. The minimum absolute atomic E-state index is 0.0714. The fraction of sp³-hybridized carbons (Fsp3) is 0.500. The van der Waals surface area contributed by atoms with Crippen LogP contribution in [0, 0.1) is 6.92 Å². The summed E-state index contributed by atoms with van der Waals surface area (Å²) in [7, 11) is -3.79. The standard InChI is InChI=1S/C16H22N2O5S/c1-12-5-7-14(8-6-12)24(21,22)17-11-15(19)23-13(2)16(20)18-9-3-4-10-18/h5-8,13,17H,3-4,9-11H2,1-2H3/t13-/m1/s1. The van der Waals surface area contributed by atoms with Gasteiger partial charge in [-0.15, -0.1) is 0 Å². The topological polar surface area (TPSA) is 92.8 Å². The maximum atomic E-state index is 12.1. The van der Waals surface area contributed by atoms with Crippen LogP contribution in [0.4, 0.5) is 0 Å². The number of ether oxygens (including phenoxy) is 1. The van der Waals surface area contributed by atoms with Crippen LogP contribution in [-0.2, 0) is 24.3 Å². The number of likely N-dealkylation sites (tertiary alicyclic amines) is 1. The third-order valence-corrected chi connectivity index (χ3v) is 5.23. The molecule has 24 heavy (non-hydrogen) atoms. The van der Waals surface area contributed by atoms with Crippen molar-refractivity contribution >= 4 is 21.9 Å². The van der Waals surface area contributed by atoms with Gasteiger partial charge in [-0.2, -0.15) is 4.72 Å². The molecule has 1 aromatic rings. The SMILES string of the molecule is Cc1ccc(S(=O)(=O)NCC(=O)O[C@H](C)C(=O)N2CCCC2)cc1. The number of rotatable bonds is 6. The molecule has 7 nitrogen and oxygen atoms in total. The highest BCUT2D eigenvalue weighted by molar-refractivity contribution is 7.89. The molecule has 1 aliphatic rings. The Labute approximate surface area is 142 Å². The second-order valence-electron chi connectivity index (χ2n) is 5.80. The lowest BCUT2D eigenvalue weighted by Crippen LogP contribution is -2.40. The van der Waals surface area contributed by atoms with Crippen molar-refractivity contribution in [3.63, 3.8) is 0 Å². The maximum absolute atomic E-state index is 12.1. The molecular formula is C16H22N2O5S. The predicted molar refractivity (Wildman–Crippen MR) is 87.7 cm³/mol. The number of sulfonamides is 1.